The number of isocyanates is 1. The van der Waals surface area contributed by atoms with Crippen molar-refractivity contribution in [2.75, 3.05) is 6.54 Å². The van der Waals surface area contributed by atoms with Crippen LogP contribution in [0.25, 0.3) is 15.7 Å². The van der Waals surface area contributed by atoms with E-state index in [0.717, 1.165) is 34.3 Å². The molecule has 1 aliphatic rings. The van der Waals surface area contributed by atoms with Crippen LogP contribution in [-0.4, -0.2) is 22.7 Å². The largest absolute Gasteiger partial charge is 0.283 e. The van der Waals surface area contributed by atoms with Crippen LogP contribution in [-0.2, 0) is 4.79 Å². The number of hydrogen-bond acceptors (Lipinski definition) is 5. The van der Waals surface area contributed by atoms with Crippen molar-refractivity contribution in [3.63, 3.8) is 0 Å². The summed E-state index contributed by atoms with van der Waals surface area (Å²) in [4.78, 5) is 23.7. The maximum absolute atomic E-state index is 10.3. The fraction of sp³-hybridized carbons (Fsp3) is 0.188. The third-order valence-electron chi connectivity index (χ3n) is 3.20. The molecule has 0 aliphatic carbocycles. The molecule has 0 bridgehead atoms. The number of nitrogens with zero attached hydrogens (tertiary/aromatic N) is 3. The molecule has 1 aromatic heterocycles. The summed E-state index contributed by atoms with van der Waals surface area (Å²) in [5.41, 5.74) is 1.15. The Morgan fingerprint density at radius 3 is 3.05 bits per heavy atom. The van der Waals surface area contributed by atoms with Crippen molar-refractivity contribution in [2.45, 2.75) is 13.3 Å². The minimum Gasteiger partial charge on any atom is -0.283 e. The van der Waals surface area contributed by atoms with E-state index >= 15 is 0 Å². The van der Waals surface area contributed by atoms with Gasteiger partial charge in [-0.15, -0.1) is 4.99 Å². The lowest BCUT2D eigenvalue weighted by atomic mass is 10.1. The highest BCUT2D eigenvalue weighted by Crippen LogP contribution is 2.33. The van der Waals surface area contributed by atoms with Gasteiger partial charge in [-0.1, -0.05) is 30.0 Å². The second-order valence-electron chi connectivity index (χ2n) is 4.67. The average molecular weight is 295 g/mol. The van der Waals surface area contributed by atoms with E-state index in [1.165, 1.54) is 11.0 Å². The number of benzene rings is 1. The topological polar surface area (TPSA) is 54.7 Å². The van der Waals surface area contributed by atoms with E-state index in [-0.39, 0.29) is 0 Å². The van der Waals surface area contributed by atoms with Crippen molar-refractivity contribution in [1.29, 1.82) is 0 Å². The molecule has 0 atom stereocenters. The molecule has 2 aromatic rings. The van der Waals surface area contributed by atoms with E-state index in [1.54, 1.807) is 24.0 Å². The number of thioether (sulfide) groups is 1. The van der Waals surface area contributed by atoms with Gasteiger partial charge < -0.3 is 0 Å². The first-order valence-corrected chi connectivity index (χ1v) is 7.45. The molecule has 0 saturated heterocycles. The van der Waals surface area contributed by atoms with Crippen LogP contribution in [0.2, 0.25) is 0 Å². The second-order valence-corrected chi connectivity index (χ2v) is 5.90. The summed E-state index contributed by atoms with van der Waals surface area (Å²) < 4.78 is 0. The average Bonchev–Trinajstić information content (AvgIpc) is 2.71. The van der Waals surface area contributed by atoms with Gasteiger partial charge in [0, 0.05) is 23.0 Å². The molecule has 2 heterocycles. The zero-order valence-corrected chi connectivity index (χ0v) is 12.4. The lowest BCUT2D eigenvalue weighted by molar-refractivity contribution is 0.565. The molecule has 104 valence electrons. The summed E-state index contributed by atoms with van der Waals surface area (Å²) in [7, 11) is 0. The van der Waals surface area contributed by atoms with Crippen LogP contribution in [0, 0.1) is 0 Å². The zero-order valence-electron chi connectivity index (χ0n) is 11.5. The summed E-state index contributed by atoms with van der Waals surface area (Å²) in [5, 5.41) is 3.12. The summed E-state index contributed by atoms with van der Waals surface area (Å²) in [6.45, 7) is 2.88. The van der Waals surface area contributed by atoms with Crippen LogP contribution >= 0.6 is 11.8 Å². The quantitative estimate of drug-likeness (QED) is 0.619. The predicted molar refractivity (Wildman–Crippen MR) is 87.7 cm³/mol. The van der Waals surface area contributed by atoms with Gasteiger partial charge in [-0.3, -0.25) is 4.99 Å². The van der Waals surface area contributed by atoms with Gasteiger partial charge in [-0.2, -0.15) is 0 Å². The molecule has 0 unspecified atom stereocenters. The SMILES string of the molecule is CC1=NCCC=C(c2ccc3cnc(N=C=O)cc3c2)S1. The fourth-order valence-corrected chi connectivity index (χ4v) is 3.14. The van der Waals surface area contributed by atoms with Gasteiger partial charge in [-0.25, -0.2) is 9.78 Å². The van der Waals surface area contributed by atoms with Gasteiger partial charge in [0.15, 0.2) is 5.82 Å². The van der Waals surface area contributed by atoms with Crippen LogP contribution in [0.3, 0.4) is 0 Å². The van der Waals surface area contributed by atoms with Crippen molar-refractivity contribution < 1.29 is 4.79 Å². The number of hydrogen-bond donors (Lipinski definition) is 0. The van der Waals surface area contributed by atoms with E-state index < -0.39 is 0 Å². The summed E-state index contributed by atoms with van der Waals surface area (Å²) in [6.07, 6.45) is 6.41. The molecule has 0 N–H and O–H groups in total. The summed E-state index contributed by atoms with van der Waals surface area (Å²) >= 11 is 1.69. The Kier molecular flexibility index (Phi) is 3.95. The molecule has 0 amide bonds. The Hall–Kier alpha value is -2.23. The second kappa shape index (κ2) is 6.04. The Bertz CT molecular complexity index is 804. The van der Waals surface area contributed by atoms with Crippen LogP contribution < -0.4 is 0 Å². The first-order valence-electron chi connectivity index (χ1n) is 6.63. The third kappa shape index (κ3) is 3.10. The fourth-order valence-electron chi connectivity index (χ4n) is 2.22. The van der Waals surface area contributed by atoms with Crippen LogP contribution in [0.15, 0.2) is 46.5 Å². The molecular formula is C16H13N3OS. The monoisotopic (exact) mass is 295 g/mol. The molecule has 0 spiro atoms. The standard InChI is InChI=1S/C16H13N3OS/c1-11-17-6-2-3-15(21-11)12-4-5-13-9-18-16(19-10-20)8-14(13)7-12/h3-5,7-9H,2,6H2,1H3. The molecule has 5 heteroatoms. The molecule has 21 heavy (non-hydrogen) atoms. The minimum atomic E-state index is 0.384. The molecular weight excluding hydrogens is 282 g/mol. The van der Waals surface area contributed by atoms with Crippen LogP contribution in [0.4, 0.5) is 5.82 Å². The Morgan fingerprint density at radius 1 is 1.29 bits per heavy atom. The van der Waals surface area contributed by atoms with Crippen molar-refractivity contribution in [2.24, 2.45) is 9.98 Å². The highest BCUT2D eigenvalue weighted by atomic mass is 32.2. The normalized spacial score (nSPS) is 14.9. The number of aromatic nitrogens is 1. The molecule has 0 radical (unpaired) electrons. The van der Waals surface area contributed by atoms with Crippen LogP contribution in [0.5, 0.6) is 0 Å². The molecule has 0 saturated carbocycles. The van der Waals surface area contributed by atoms with Crippen molar-refractivity contribution in [1.82, 2.24) is 4.98 Å². The van der Waals surface area contributed by atoms with E-state index in [2.05, 4.69) is 33.2 Å². The number of aliphatic imine (C=N–C) groups is 2. The van der Waals surface area contributed by atoms with Crippen molar-refractivity contribution in [3.8, 4) is 0 Å². The van der Waals surface area contributed by atoms with Gasteiger partial charge in [0.05, 0.1) is 5.04 Å². The van der Waals surface area contributed by atoms with Gasteiger partial charge in [0.1, 0.15) is 0 Å². The molecule has 1 aliphatic heterocycles. The molecule has 1 aromatic carbocycles. The summed E-state index contributed by atoms with van der Waals surface area (Å²) in [6, 6.07) is 8.01. The first kappa shape index (κ1) is 13.7. The lowest BCUT2D eigenvalue weighted by Crippen LogP contribution is -1.86. The number of carbonyl (C=O) groups excluding carboxylic acids is 1. The molecule has 4 nitrogen and oxygen atoms in total. The maximum Gasteiger partial charge on any atom is 0.242 e. The van der Waals surface area contributed by atoms with E-state index in [0.29, 0.717) is 5.82 Å². The number of fused-ring (bicyclic) bond motifs is 1. The van der Waals surface area contributed by atoms with Gasteiger partial charge in [-0.05, 0) is 36.4 Å². The number of rotatable bonds is 2. The third-order valence-corrected chi connectivity index (χ3v) is 4.25. The predicted octanol–water partition coefficient (Wildman–Crippen LogP) is 4.10. The van der Waals surface area contributed by atoms with Gasteiger partial charge in [0.2, 0.25) is 6.08 Å². The van der Waals surface area contributed by atoms with E-state index in [4.69, 9.17) is 0 Å². The van der Waals surface area contributed by atoms with Crippen molar-refractivity contribution >= 4 is 44.4 Å². The van der Waals surface area contributed by atoms with Gasteiger partial charge in [0.25, 0.3) is 0 Å². The Morgan fingerprint density at radius 2 is 2.19 bits per heavy atom. The minimum absolute atomic E-state index is 0.384. The zero-order chi connectivity index (χ0) is 14.7. The van der Waals surface area contributed by atoms with Crippen molar-refractivity contribution in [3.05, 3.63) is 42.1 Å². The maximum atomic E-state index is 10.3. The van der Waals surface area contributed by atoms with Gasteiger partial charge >= 0.3 is 0 Å². The smallest absolute Gasteiger partial charge is 0.242 e. The van der Waals surface area contributed by atoms with E-state index in [1.807, 2.05) is 13.0 Å². The highest BCUT2D eigenvalue weighted by molar-refractivity contribution is 8.21. The Balaban J connectivity index is 2.05. The highest BCUT2D eigenvalue weighted by Gasteiger charge is 2.08. The van der Waals surface area contributed by atoms with E-state index in [9.17, 15) is 4.79 Å². The molecule has 0 fully saturated rings. The molecule has 3 rings (SSSR count). The Labute approximate surface area is 126 Å². The summed E-state index contributed by atoms with van der Waals surface area (Å²) in [5.74, 6) is 0.384. The number of pyridine rings is 1. The van der Waals surface area contributed by atoms with Crippen LogP contribution in [0.1, 0.15) is 18.9 Å². The lowest BCUT2D eigenvalue weighted by Gasteiger charge is -2.07. The first-order chi connectivity index (χ1) is 10.3.